The van der Waals surface area contributed by atoms with Crippen LogP contribution in [0.15, 0.2) is 42.5 Å². The highest BCUT2D eigenvalue weighted by molar-refractivity contribution is 6.22. The molecule has 0 bridgehead atoms. The van der Waals surface area contributed by atoms with Crippen LogP contribution in [-0.2, 0) is 0 Å². The van der Waals surface area contributed by atoms with Crippen LogP contribution in [0.5, 0.6) is 0 Å². The number of benzene rings is 2. The van der Waals surface area contributed by atoms with Crippen LogP contribution in [0.1, 0.15) is 68.6 Å². The van der Waals surface area contributed by atoms with Crippen molar-refractivity contribution in [3.05, 3.63) is 64.7 Å². The van der Waals surface area contributed by atoms with E-state index in [0.29, 0.717) is 0 Å². The van der Waals surface area contributed by atoms with Crippen molar-refractivity contribution in [2.75, 3.05) is 5.32 Å². The SMILES string of the molecule is CCC(C)C(C)N1C(=O)c2ccc(C(=O)Nc3ccccc3C(=O)O)cc2C1=O. The lowest BCUT2D eigenvalue weighted by Gasteiger charge is -2.27. The fourth-order valence-electron chi connectivity index (χ4n) is 3.34. The first-order valence-corrected chi connectivity index (χ1v) is 9.41. The molecule has 0 fully saturated rings. The number of nitrogens with zero attached hydrogens (tertiary/aromatic N) is 1. The molecule has 7 heteroatoms. The largest absolute Gasteiger partial charge is 0.478 e. The molecule has 2 aromatic rings. The predicted octanol–water partition coefficient (Wildman–Crippen LogP) is 3.67. The van der Waals surface area contributed by atoms with Crippen LogP contribution >= 0.6 is 0 Å². The molecule has 7 nitrogen and oxygen atoms in total. The molecule has 0 saturated heterocycles. The van der Waals surface area contributed by atoms with Gasteiger partial charge in [-0.1, -0.05) is 32.4 Å². The van der Waals surface area contributed by atoms with Gasteiger partial charge in [-0.15, -0.1) is 0 Å². The third-order valence-corrected chi connectivity index (χ3v) is 5.46. The van der Waals surface area contributed by atoms with Gasteiger partial charge in [0.05, 0.1) is 22.4 Å². The molecule has 1 aliphatic rings. The summed E-state index contributed by atoms with van der Waals surface area (Å²) in [5.41, 5.74) is 0.738. The van der Waals surface area contributed by atoms with Gasteiger partial charge < -0.3 is 10.4 Å². The maximum absolute atomic E-state index is 12.8. The third-order valence-electron chi connectivity index (χ3n) is 5.46. The van der Waals surface area contributed by atoms with Crippen molar-refractivity contribution in [3.8, 4) is 0 Å². The van der Waals surface area contributed by atoms with Gasteiger partial charge >= 0.3 is 5.97 Å². The van der Waals surface area contributed by atoms with E-state index in [9.17, 15) is 24.3 Å². The number of carbonyl (C=O) groups is 4. The summed E-state index contributed by atoms with van der Waals surface area (Å²) in [4.78, 5) is 50.7. The maximum atomic E-state index is 12.8. The van der Waals surface area contributed by atoms with Gasteiger partial charge in [0.2, 0.25) is 0 Å². The smallest absolute Gasteiger partial charge is 0.337 e. The quantitative estimate of drug-likeness (QED) is 0.728. The molecule has 1 heterocycles. The average Bonchev–Trinajstić information content (AvgIpc) is 2.96. The lowest BCUT2D eigenvalue weighted by molar-refractivity contribution is 0.0549. The van der Waals surface area contributed by atoms with Gasteiger partial charge in [-0.3, -0.25) is 19.3 Å². The first-order valence-electron chi connectivity index (χ1n) is 9.41. The van der Waals surface area contributed by atoms with E-state index in [1.807, 2.05) is 20.8 Å². The van der Waals surface area contributed by atoms with E-state index >= 15 is 0 Å². The van der Waals surface area contributed by atoms with Crippen LogP contribution in [0, 0.1) is 5.92 Å². The van der Waals surface area contributed by atoms with Crippen LogP contribution in [0.2, 0.25) is 0 Å². The first-order chi connectivity index (χ1) is 13.8. The second kappa shape index (κ2) is 7.87. The van der Waals surface area contributed by atoms with E-state index in [1.165, 1.54) is 35.2 Å². The minimum atomic E-state index is -1.16. The second-order valence-electron chi connectivity index (χ2n) is 7.17. The fourth-order valence-corrected chi connectivity index (χ4v) is 3.34. The van der Waals surface area contributed by atoms with Gasteiger partial charge in [-0.25, -0.2) is 4.79 Å². The number of carboxylic acids is 1. The summed E-state index contributed by atoms with van der Waals surface area (Å²) < 4.78 is 0. The van der Waals surface area contributed by atoms with Crippen molar-refractivity contribution in [1.29, 1.82) is 0 Å². The van der Waals surface area contributed by atoms with E-state index < -0.39 is 17.8 Å². The molecule has 2 aromatic carbocycles. The summed E-state index contributed by atoms with van der Waals surface area (Å²) in [5.74, 6) is -2.35. The molecule has 0 spiro atoms. The molecule has 0 radical (unpaired) electrons. The Morgan fingerprint density at radius 2 is 1.69 bits per heavy atom. The van der Waals surface area contributed by atoms with Gasteiger partial charge in [0.1, 0.15) is 0 Å². The number of hydrogen-bond acceptors (Lipinski definition) is 4. The van der Waals surface area contributed by atoms with Crippen LogP contribution in [0.4, 0.5) is 5.69 Å². The van der Waals surface area contributed by atoms with E-state index in [0.717, 1.165) is 6.42 Å². The second-order valence-corrected chi connectivity index (χ2v) is 7.17. The number of carboxylic acid groups (broad SMARTS) is 1. The lowest BCUT2D eigenvalue weighted by Crippen LogP contribution is -2.41. The number of para-hydroxylation sites is 1. The Bertz CT molecular complexity index is 1010. The Morgan fingerprint density at radius 1 is 1.03 bits per heavy atom. The Morgan fingerprint density at radius 3 is 2.34 bits per heavy atom. The standard InChI is InChI=1S/C22H22N2O5/c1-4-12(2)13(3)24-20(26)15-10-9-14(11-17(15)21(24)27)19(25)23-18-8-6-5-7-16(18)22(28)29/h5-13H,4H2,1-3H3,(H,23,25)(H,28,29). The number of aromatic carboxylic acids is 1. The van der Waals surface area contributed by atoms with Gasteiger partial charge in [-0.05, 0) is 43.2 Å². The maximum Gasteiger partial charge on any atom is 0.337 e. The number of hydrogen-bond donors (Lipinski definition) is 2. The fraction of sp³-hybridized carbons (Fsp3) is 0.273. The van der Waals surface area contributed by atoms with Gasteiger partial charge in [-0.2, -0.15) is 0 Å². The minimum absolute atomic E-state index is 0.0400. The molecule has 0 aromatic heterocycles. The molecule has 2 N–H and O–H groups in total. The molecular formula is C22H22N2O5. The summed E-state index contributed by atoms with van der Waals surface area (Å²) in [5, 5.41) is 11.8. The van der Waals surface area contributed by atoms with Crippen molar-refractivity contribution >= 4 is 29.4 Å². The van der Waals surface area contributed by atoms with Gasteiger partial charge in [0.15, 0.2) is 0 Å². The zero-order valence-corrected chi connectivity index (χ0v) is 16.4. The molecule has 2 unspecified atom stereocenters. The topological polar surface area (TPSA) is 104 Å². The number of fused-ring (bicyclic) bond motifs is 1. The first kappa shape index (κ1) is 20.3. The highest BCUT2D eigenvalue weighted by atomic mass is 16.4. The van der Waals surface area contributed by atoms with Crippen molar-refractivity contribution in [1.82, 2.24) is 4.90 Å². The molecule has 3 amide bonds. The third kappa shape index (κ3) is 3.63. The summed E-state index contributed by atoms with van der Waals surface area (Å²) in [6, 6.07) is 10.1. The summed E-state index contributed by atoms with van der Waals surface area (Å²) in [6.45, 7) is 5.82. The van der Waals surface area contributed by atoms with E-state index in [-0.39, 0.29) is 45.8 Å². The molecular weight excluding hydrogens is 372 g/mol. The molecule has 0 aliphatic carbocycles. The Hall–Kier alpha value is -3.48. The predicted molar refractivity (Wildman–Crippen MR) is 107 cm³/mol. The molecule has 150 valence electrons. The van der Waals surface area contributed by atoms with E-state index in [2.05, 4.69) is 5.32 Å². The lowest BCUT2D eigenvalue weighted by atomic mass is 9.99. The summed E-state index contributed by atoms with van der Waals surface area (Å²) in [6.07, 6.45) is 0.825. The van der Waals surface area contributed by atoms with Crippen molar-refractivity contribution < 1.29 is 24.3 Å². The Labute approximate surface area is 168 Å². The summed E-state index contributed by atoms with van der Waals surface area (Å²) in [7, 11) is 0. The van der Waals surface area contributed by atoms with E-state index in [4.69, 9.17) is 0 Å². The van der Waals surface area contributed by atoms with Crippen LogP contribution in [0.25, 0.3) is 0 Å². The highest BCUT2D eigenvalue weighted by Gasteiger charge is 2.40. The molecule has 29 heavy (non-hydrogen) atoms. The van der Waals surface area contributed by atoms with Crippen LogP contribution < -0.4 is 5.32 Å². The van der Waals surface area contributed by atoms with Crippen molar-refractivity contribution in [2.45, 2.75) is 33.2 Å². The van der Waals surface area contributed by atoms with Crippen LogP contribution in [0.3, 0.4) is 0 Å². The number of imide groups is 1. The van der Waals surface area contributed by atoms with Crippen molar-refractivity contribution in [3.63, 3.8) is 0 Å². The molecule has 3 rings (SSSR count). The monoisotopic (exact) mass is 394 g/mol. The van der Waals surface area contributed by atoms with Crippen LogP contribution in [-0.4, -0.2) is 39.7 Å². The molecule has 1 aliphatic heterocycles. The number of amides is 3. The molecule has 2 atom stereocenters. The summed E-state index contributed by atoms with van der Waals surface area (Å²) >= 11 is 0. The van der Waals surface area contributed by atoms with E-state index in [1.54, 1.807) is 12.1 Å². The van der Waals surface area contributed by atoms with Gasteiger partial charge in [0, 0.05) is 11.6 Å². The zero-order chi connectivity index (χ0) is 21.3. The number of rotatable bonds is 6. The normalized spacial score (nSPS) is 15.1. The Kier molecular flexibility index (Phi) is 5.50. The molecule has 0 saturated carbocycles. The van der Waals surface area contributed by atoms with Crippen molar-refractivity contribution in [2.24, 2.45) is 5.92 Å². The number of nitrogens with one attached hydrogen (secondary N) is 1. The zero-order valence-electron chi connectivity index (χ0n) is 16.4. The highest BCUT2D eigenvalue weighted by Crippen LogP contribution is 2.29. The minimum Gasteiger partial charge on any atom is -0.478 e. The Balaban J connectivity index is 1.89. The average molecular weight is 394 g/mol. The number of carbonyl (C=O) groups excluding carboxylic acids is 3. The van der Waals surface area contributed by atoms with Gasteiger partial charge in [0.25, 0.3) is 17.7 Å². The number of anilines is 1.